The highest BCUT2D eigenvalue weighted by Gasteiger charge is 2.32. The Kier molecular flexibility index (Phi) is 3.07. The maximum Gasteiger partial charge on any atom is 0.100 e. The van der Waals surface area contributed by atoms with E-state index in [2.05, 4.69) is 24.8 Å². The molecule has 12 heavy (non-hydrogen) atoms. The van der Waals surface area contributed by atoms with Gasteiger partial charge < -0.3 is 5.73 Å². The number of likely N-dealkylation sites (tertiary alicyclic amines) is 1. The van der Waals surface area contributed by atoms with Crippen LogP contribution in [0.1, 0.15) is 13.8 Å². The average Bonchev–Trinajstić information content (AvgIpc) is 1.94. The quantitative estimate of drug-likeness (QED) is 0.663. The first-order valence-electron chi connectivity index (χ1n) is 4.52. The molecule has 0 aliphatic carbocycles. The molecule has 0 bridgehead atoms. The van der Waals surface area contributed by atoms with E-state index in [1.54, 1.807) is 0 Å². The summed E-state index contributed by atoms with van der Waals surface area (Å²) in [7, 11) is 0. The first-order valence-corrected chi connectivity index (χ1v) is 4.52. The summed E-state index contributed by atoms with van der Waals surface area (Å²) in [6.45, 7) is 6.94. The Balaban J connectivity index is 2.35. The standard InChI is InChI=1S/C9H17N3/c1-7(2)9(4-11)12-5-8(3-10)6-12/h7-9H,3,5-6,10H2,1-2H3. The molecule has 3 nitrogen and oxygen atoms in total. The third kappa shape index (κ3) is 1.77. The lowest BCUT2D eigenvalue weighted by Gasteiger charge is -2.42. The Hall–Kier alpha value is -0.590. The van der Waals surface area contributed by atoms with Crippen molar-refractivity contribution in [2.75, 3.05) is 19.6 Å². The zero-order chi connectivity index (χ0) is 9.14. The molecule has 2 N–H and O–H groups in total. The topological polar surface area (TPSA) is 53.0 Å². The molecule has 68 valence electrons. The van der Waals surface area contributed by atoms with E-state index >= 15 is 0 Å². The second-order valence-corrected chi connectivity index (χ2v) is 3.87. The van der Waals surface area contributed by atoms with E-state index in [0.29, 0.717) is 11.8 Å². The van der Waals surface area contributed by atoms with Crippen LogP contribution in [0.15, 0.2) is 0 Å². The smallest absolute Gasteiger partial charge is 0.100 e. The Morgan fingerprint density at radius 3 is 2.50 bits per heavy atom. The van der Waals surface area contributed by atoms with E-state index < -0.39 is 0 Å². The first-order chi connectivity index (χ1) is 5.69. The van der Waals surface area contributed by atoms with Gasteiger partial charge in [0.1, 0.15) is 6.04 Å². The van der Waals surface area contributed by atoms with Crippen LogP contribution in [0.5, 0.6) is 0 Å². The molecular weight excluding hydrogens is 150 g/mol. The van der Waals surface area contributed by atoms with Gasteiger partial charge in [-0.25, -0.2) is 0 Å². The van der Waals surface area contributed by atoms with Crippen molar-refractivity contribution in [1.82, 2.24) is 4.90 Å². The van der Waals surface area contributed by atoms with Crippen LogP contribution < -0.4 is 5.73 Å². The van der Waals surface area contributed by atoms with E-state index in [0.717, 1.165) is 19.6 Å². The van der Waals surface area contributed by atoms with E-state index in [1.807, 2.05) is 0 Å². The van der Waals surface area contributed by atoms with Gasteiger partial charge >= 0.3 is 0 Å². The predicted octanol–water partition coefficient (Wildman–Crippen LogP) is 0.425. The van der Waals surface area contributed by atoms with Crippen LogP contribution in [-0.4, -0.2) is 30.6 Å². The van der Waals surface area contributed by atoms with Crippen molar-refractivity contribution in [3.05, 3.63) is 0 Å². The number of nitrogens with two attached hydrogens (primary N) is 1. The molecule has 0 aromatic rings. The lowest BCUT2D eigenvalue weighted by Crippen LogP contribution is -2.55. The van der Waals surface area contributed by atoms with E-state index in [4.69, 9.17) is 11.0 Å². The van der Waals surface area contributed by atoms with Crippen LogP contribution in [0.25, 0.3) is 0 Å². The number of nitrogens with zero attached hydrogens (tertiary/aromatic N) is 2. The maximum absolute atomic E-state index is 8.87. The highest BCUT2D eigenvalue weighted by atomic mass is 15.2. The van der Waals surface area contributed by atoms with Gasteiger partial charge in [0.15, 0.2) is 0 Å². The average molecular weight is 167 g/mol. The zero-order valence-electron chi connectivity index (χ0n) is 7.83. The van der Waals surface area contributed by atoms with Gasteiger partial charge in [0.25, 0.3) is 0 Å². The van der Waals surface area contributed by atoms with E-state index in [1.165, 1.54) is 0 Å². The Morgan fingerprint density at radius 2 is 2.17 bits per heavy atom. The highest BCUT2D eigenvalue weighted by Crippen LogP contribution is 2.21. The molecular formula is C9H17N3. The molecule has 1 saturated heterocycles. The first kappa shape index (κ1) is 9.50. The maximum atomic E-state index is 8.87. The molecule has 0 aromatic heterocycles. The van der Waals surface area contributed by atoms with Crippen LogP contribution in [0.2, 0.25) is 0 Å². The summed E-state index contributed by atoms with van der Waals surface area (Å²) in [6.07, 6.45) is 0. The molecule has 1 atom stereocenters. The van der Waals surface area contributed by atoms with Crippen molar-refractivity contribution in [1.29, 1.82) is 5.26 Å². The van der Waals surface area contributed by atoms with Crippen LogP contribution in [-0.2, 0) is 0 Å². The molecule has 0 saturated carbocycles. The summed E-state index contributed by atoms with van der Waals surface area (Å²) in [5.74, 6) is 1.05. The predicted molar refractivity (Wildman–Crippen MR) is 48.4 cm³/mol. The molecule has 0 aromatic carbocycles. The molecule has 1 unspecified atom stereocenters. The molecule has 0 radical (unpaired) electrons. The van der Waals surface area contributed by atoms with Crippen molar-refractivity contribution in [3.8, 4) is 6.07 Å². The van der Waals surface area contributed by atoms with Gasteiger partial charge in [-0.3, -0.25) is 4.90 Å². The van der Waals surface area contributed by atoms with Crippen molar-refractivity contribution in [2.24, 2.45) is 17.6 Å². The van der Waals surface area contributed by atoms with Gasteiger partial charge in [0.05, 0.1) is 6.07 Å². The Bertz CT molecular complexity index is 177. The van der Waals surface area contributed by atoms with E-state index in [-0.39, 0.29) is 6.04 Å². The fraction of sp³-hybridized carbons (Fsp3) is 0.889. The second kappa shape index (κ2) is 3.88. The molecule has 1 aliphatic rings. The zero-order valence-corrected chi connectivity index (χ0v) is 7.83. The third-order valence-electron chi connectivity index (χ3n) is 2.48. The van der Waals surface area contributed by atoms with Gasteiger partial charge in [0.2, 0.25) is 0 Å². The molecule has 1 aliphatic heterocycles. The van der Waals surface area contributed by atoms with Crippen molar-refractivity contribution in [2.45, 2.75) is 19.9 Å². The van der Waals surface area contributed by atoms with Gasteiger partial charge in [0, 0.05) is 13.1 Å². The highest BCUT2D eigenvalue weighted by molar-refractivity contribution is 4.98. The number of rotatable bonds is 3. The van der Waals surface area contributed by atoms with Gasteiger partial charge in [-0.15, -0.1) is 0 Å². The lowest BCUT2D eigenvalue weighted by molar-refractivity contribution is 0.0612. The second-order valence-electron chi connectivity index (χ2n) is 3.87. The summed E-state index contributed by atoms with van der Waals surface area (Å²) in [5.41, 5.74) is 5.50. The van der Waals surface area contributed by atoms with Crippen molar-refractivity contribution < 1.29 is 0 Å². The minimum atomic E-state index is 0.0906. The van der Waals surface area contributed by atoms with Gasteiger partial charge in [-0.1, -0.05) is 13.8 Å². The van der Waals surface area contributed by atoms with Crippen LogP contribution in [0.3, 0.4) is 0 Å². The summed E-state index contributed by atoms with van der Waals surface area (Å²) in [4.78, 5) is 2.21. The molecule has 3 heteroatoms. The lowest BCUT2D eigenvalue weighted by atomic mass is 9.94. The van der Waals surface area contributed by atoms with Crippen molar-refractivity contribution in [3.63, 3.8) is 0 Å². The fourth-order valence-corrected chi connectivity index (χ4v) is 1.64. The van der Waals surface area contributed by atoms with Crippen molar-refractivity contribution >= 4 is 0 Å². The van der Waals surface area contributed by atoms with Crippen LogP contribution in [0, 0.1) is 23.2 Å². The number of hydrogen-bond donors (Lipinski definition) is 1. The Labute approximate surface area is 74.1 Å². The monoisotopic (exact) mass is 167 g/mol. The SMILES string of the molecule is CC(C)C(C#N)N1CC(CN)C1. The third-order valence-corrected chi connectivity index (χ3v) is 2.48. The normalized spacial score (nSPS) is 21.9. The largest absolute Gasteiger partial charge is 0.330 e. The number of hydrogen-bond acceptors (Lipinski definition) is 3. The molecule has 1 fully saturated rings. The molecule has 0 amide bonds. The summed E-state index contributed by atoms with van der Waals surface area (Å²) < 4.78 is 0. The minimum Gasteiger partial charge on any atom is -0.330 e. The van der Waals surface area contributed by atoms with Crippen LogP contribution >= 0.6 is 0 Å². The molecule has 1 rings (SSSR count). The number of nitriles is 1. The minimum absolute atomic E-state index is 0.0906. The van der Waals surface area contributed by atoms with Gasteiger partial charge in [-0.05, 0) is 18.4 Å². The molecule has 1 heterocycles. The van der Waals surface area contributed by atoms with Crippen LogP contribution in [0.4, 0.5) is 0 Å². The summed E-state index contributed by atoms with van der Waals surface area (Å²) in [6, 6.07) is 2.42. The summed E-state index contributed by atoms with van der Waals surface area (Å²) in [5, 5.41) is 8.87. The van der Waals surface area contributed by atoms with E-state index in [9.17, 15) is 0 Å². The summed E-state index contributed by atoms with van der Waals surface area (Å²) >= 11 is 0. The Morgan fingerprint density at radius 1 is 1.58 bits per heavy atom. The molecule has 0 spiro atoms. The fourth-order valence-electron chi connectivity index (χ4n) is 1.64. The van der Waals surface area contributed by atoms with Gasteiger partial charge in [-0.2, -0.15) is 5.26 Å².